The van der Waals surface area contributed by atoms with Crippen LogP contribution in [-0.2, 0) is 6.54 Å². The minimum Gasteiger partial charge on any atom is -0.387 e. The van der Waals surface area contributed by atoms with Gasteiger partial charge in [0, 0.05) is 12.0 Å². The van der Waals surface area contributed by atoms with Crippen molar-refractivity contribution in [2.45, 2.75) is 33.2 Å². The average Bonchev–Trinajstić information content (AvgIpc) is 2.74. The van der Waals surface area contributed by atoms with Gasteiger partial charge in [0.15, 0.2) is 11.5 Å². The van der Waals surface area contributed by atoms with E-state index >= 15 is 0 Å². The third-order valence-corrected chi connectivity index (χ3v) is 3.36. The molecule has 2 heterocycles. The smallest absolute Gasteiger partial charge is 0.165 e. The van der Waals surface area contributed by atoms with Crippen molar-refractivity contribution in [2.75, 3.05) is 5.73 Å². The van der Waals surface area contributed by atoms with Crippen LogP contribution in [0.1, 0.15) is 26.7 Å². The fourth-order valence-electron chi connectivity index (χ4n) is 1.89. The molecule has 0 radical (unpaired) electrons. The van der Waals surface area contributed by atoms with Crippen molar-refractivity contribution in [1.29, 1.82) is 5.41 Å². The van der Waals surface area contributed by atoms with E-state index in [0.29, 0.717) is 11.3 Å². The number of nitrogen functional groups attached to an aromatic ring is 1. The van der Waals surface area contributed by atoms with Crippen LogP contribution in [0.5, 0.6) is 0 Å². The Kier molecular flexibility index (Phi) is 3.37. The van der Waals surface area contributed by atoms with Crippen LogP contribution in [0.2, 0.25) is 0 Å². The van der Waals surface area contributed by atoms with Gasteiger partial charge in [0.1, 0.15) is 11.8 Å². The molecular weight excluding hydrogens is 242 g/mol. The van der Waals surface area contributed by atoms with Crippen LogP contribution in [0, 0.1) is 10.8 Å². The SMILES string of the molecule is CC(C)(CCCn1cnc2c(N)ncnc21)C(=N)N. The van der Waals surface area contributed by atoms with E-state index < -0.39 is 0 Å². The quantitative estimate of drug-likeness (QED) is 0.551. The average molecular weight is 261 g/mol. The molecule has 0 fully saturated rings. The maximum absolute atomic E-state index is 7.53. The molecule has 19 heavy (non-hydrogen) atoms. The highest BCUT2D eigenvalue weighted by atomic mass is 15.1. The van der Waals surface area contributed by atoms with Crippen molar-refractivity contribution < 1.29 is 0 Å². The Morgan fingerprint density at radius 1 is 1.37 bits per heavy atom. The summed E-state index contributed by atoms with van der Waals surface area (Å²) in [7, 11) is 0. The molecule has 7 nitrogen and oxygen atoms in total. The summed E-state index contributed by atoms with van der Waals surface area (Å²) in [5.41, 5.74) is 12.4. The predicted octanol–water partition coefficient (Wildman–Crippen LogP) is 1.15. The third-order valence-electron chi connectivity index (χ3n) is 3.36. The van der Waals surface area contributed by atoms with Crippen molar-refractivity contribution in [3.8, 4) is 0 Å². The first-order valence-electron chi connectivity index (χ1n) is 6.17. The van der Waals surface area contributed by atoms with Crippen molar-refractivity contribution in [1.82, 2.24) is 19.5 Å². The topological polar surface area (TPSA) is 119 Å². The summed E-state index contributed by atoms with van der Waals surface area (Å²) in [6.07, 6.45) is 4.89. The Labute approximate surface area is 111 Å². The van der Waals surface area contributed by atoms with Crippen LogP contribution < -0.4 is 11.5 Å². The normalized spacial score (nSPS) is 11.9. The summed E-state index contributed by atoms with van der Waals surface area (Å²) in [5.74, 6) is 0.613. The summed E-state index contributed by atoms with van der Waals surface area (Å²) in [4.78, 5) is 12.3. The molecule has 0 saturated carbocycles. The number of rotatable bonds is 5. The fourth-order valence-corrected chi connectivity index (χ4v) is 1.89. The molecule has 0 aliphatic carbocycles. The van der Waals surface area contributed by atoms with E-state index in [9.17, 15) is 0 Å². The molecule has 7 heteroatoms. The fraction of sp³-hybridized carbons (Fsp3) is 0.500. The molecule has 5 N–H and O–H groups in total. The number of nitrogens with two attached hydrogens (primary N) is 2. The van der Waals surface area contributed by atoms with Gasteiger partial charge in [-0.2, -0.15) is 0 Å². The summed E-state index contributed by atoms with van der Waals surface area (Å²) < 4.78 is 1.95. The highest BCUT2D eigenvalue weighted by Gasteiger charge is 2.21. The summed E-state index contributed by atoms with van der Waals surface area (Å²) in [5, 5.41) is 7.53. The molecule has 0 aromatic carbocycles. The number of nitrogens with zero attached hydrogens (tertiary/aromatic N) is 4. The Bertz CT molecular complexity index is 599. The standard InChI is InChI=1S/C12H19N7/c1-12(2,11(14)15)4-3-5-19-7-18-8-9(13)16-6-17-10(8)19/h6-7H,3-5H2,1-2H3,(H3,14,15)(H2,13,16,17). The van der Waals surface area contributed by atoms with Crippen LogP contribution in [0.25, 0.3) is 11.2 Å². The Balaban J connectivity index is 2.07. The second kappa shape index (κ2) is 4.83. The molecule has 102 valence electrons. The molecule has 0 unspecified atom stereocenters. The maximum atomic E-state index is 7.53. The third kappa shape index (κ3) is 2.64. The Hall–Kier alpha value is -2.18. The van der Waals surface area contributed by atoms with Gasteiger partial charge in [-0.1, -0.05) is 13.8 Å². The van der Waals surface area contributed by atoms with Crippen LogP contribution in [0.15, 0.2) is 12.7 Å². The van der Waals surface area contributed by atoms with Gasteiger partial charge in [-0.3, -0.25) is 5.41 Å². The minimum atomic E-state index is -0.273. The number of fused-ring (bicyclic) bond motifs is 1. The number of anilines is 1. The molecule has 0 spiro atoms. The van der Waals surface area contributed by atoms with Crippen molar-refractivity contribution in [3.05, 3.63) is 12.7 Å². The van der Waals surface area contributed by atoms with Crippen LogP contribution in [-0.4, -0.2) is 25.4 Å². The first-order chi connectivity index (χ1) is 8.92. The van der Waals surface area contributed by atoms with Gasteiger partial charge in [0.2, 0.25) is 0 Å². The molecule has 0 bridgehead atoms. The summed E-state index contributed by atoms with van der Waals surface area (Å²) in [6.45, 7) is 4.71. The first-order valence-corrected chi connectivity index (χ1v) is 6.17. The van der Waals surface area contributed by atoms with Gasteiger partial charge in [-0.25, -0.2) is 15.0 Å². The van der Waals surface area contributed by atoms with Gasteiger partial charge >= 0.3 is 0 Å². The van der Waals surface area contributed by atoms with E-state index in [1.54, 1.807) is 6.33 Å². The summed E-state index contributed by atoms with van der Waals surface area (Å²) >= 11 is 0. The van der Waals surface area contributed by atoms with Gasteiger partial charge in [0.05, 0.1) is 12.2 Å². The number of aromatic nitrogens is 4. The van der Waals surface area contributed by atoms with E-state index in [0.717, 1.165) is 25.0 Å². The van der Waals surface area contributed by atoms with Crippen LogP contribution in [0.3, 0.4) is 0 Å². The van der Waals surface area contributed by atoms with Crippen LogP contribution in [0.4, 0.5) is 5.82 Å². The monoisotopic (exact) mass is 261 g/mol. The molecule has 0 aliphatic heterocycles. The second-order valence-electron chi connectivity index (χ2n) is 5.27. The molecule has 2 rings (SSSR count). The van der Waals surface area contributed by atoms with E-state index in [-0.39, 0.29) is 11.3 Å². The van der Waals surface area contributed by atoms with Crippen molar-refractivity contribution >= 4 is 22.8 Å². The van der Waals surface area contributed by atoms with Crippen LogP contribution >= 0.6 is 0 Å². The maximum Gasteiger partial charge on any atom is 0.165 e. The number of aryl methyl sites for hydroxylation is 1. The van der Waals surface area contributed by atoms with E-state index in [1.807, 2.05) is 18.4 Å². The minimum absolute atomic E-state index is 0.217. The largest absolute Gasteiger partial charge is 0.387 e. The van der Waals surface area contributed by atoms with Gasteiger partial charge < -0.3 is 16.0 Å². The Morgan fingerprint density at radius 3 is 2.79 bits per heavy atom. The van der Waals surface area contributed by atoms with E-state index in [2.05, 4.69) is 15.0 Å². The molecule has 0 aliphatic rings. The molecule has 2 aromatic heterocycles. The molecular formula is C12H19N7. The van der Waals surface area contributed by atoms with Crippen molar-refractivity contribution in [2.24, 2.45) is 11.1 Å². The van der Waals surface area contributed by atoms with Gasteiger partial charge in [-0.05, 0) is 12.8 Å². The molecule has 2 aromatic rings. The van der Waals surface area contributed by atoms with E-state index in [1.165, 1.54) is 6.33 Å². The zero-order valence-corrected chi connectivity index (χ0v) is 11.2. The highest BCUT2D eigenvalue weighted by Crippen LogP contribution is 2.23. The number of hydrogen-bond acceptors (Lipinski definition) is 5. The number of hydrogen-bond donors (Lipinski definition) is 3. The van der Waals surface area contributed by atoms with Gasteiger partial charge in [-0.15, -0.1) is 0 Å². The lowest BCUT2D eigenvalue weighted by Crippen LogP contribution is -2.30. The Morgan fingerprint density at radius 2 is 2.11 bits per heavy atom. The second-order valence-corrected chi connectivity index (χ2v) is 5.27. The predicted molar refractivity (Wildman–Crippen MR) is 74.7 cm³/mol. The highest BCUT2D eigenvalue weighted by molar-refractivity contribution is 5.82. The van der Waals surface area contributed by atoms with Gasteiger partial charge in [0.25, 0.3) is 0 Å². The first kappa shape index (κ1) is 13.3. The molecule has 0 atom stereocenters. The zero-order chi connectivity index (χ0) is 14.0. The number of imidazole rings is 1. The lowest BCUT2D eigenvalue weighted by Gasteiger charge is -2.22. The zero-order valence-electron chi connectivity index (χ0n) is 11.2. The number of amidine groups is 1. The van der Waals surface area contributed by atoms with Crippen molar-refractivity contribution in [3.63, 3.8) is 0 Å². The lowest BCUT2D eigenvalue weighted by atomic mass is 9.87. The number of nitrogens with one attached hydrogen (secondary N) is 1. The van der Waals surface area contributed by atoms with E-state index in [4.69, 9.17) is 16.9 Å². The molecule has 0 amide bonds. The lowest BCUT2D eigenvalue weighted by molar-refractivity contribution is 0.431. The molecule has 0 saturated heterocycles. The summed E-state index contributed by atoms with van der Waals surface area (Å²) in [6, 6.07) is 0.